The molecule has 0 saturated heterocycles. The first-order chi connectivity index (χ1) is 17.5. The Kier molecular flexibility index (Phi) is 7.61. The summed E-state index contributed by atoms with van der Waals surface area (Å²) in [6.07, 6.45) is 13.4. The van der Waals surface area contributed by atoms with Gasteiger partial charge in [-0.2, -0.15) is 0 Å². The molecule has 2 aromatic rings. The van der Waals surface area contributed by atoms with Gasteiger partial charge in [-0.25, -0.2) is 4.98 Å². The summed E-state index contributed by atoms with van der Waals surface area (Å²) < 4.78 is 1.86. The molecule has 0 spiro atoms. The molecular weight excluding hydrogens is 450 g/mol. The van der Waals surface area contributed by atoms with Crippen molar-refractivity contribution in [2.45, 2.75) is 102 Å². The molecule has 1 amide bonds. The molecule has 1 aromatic heterocycles. The summed E-state index contributed by atoms with van der Waals surface area (Å²) in [7, 11) is 0. The Morgan fingerprint density at radius 2 is 1.81 bits per heavy atom. The molecule has 194 valence electrons. The van der Waals surface area contributed by atoms with E-state index in [0.29, 0.717) is 36.5 Å². The standard InChI is InChI=1S/C30H41N3O3/c1-3-15-32(19-25(35)16-20-9-13-24(34)14-10-20)30(36)29-31-28-26(22-7-5-6-8-22)17-23(21-11-12-21)18-27(28)33(29)4-2/h4,17-18,20-22,24,34H,2-3,5-16,19H2,1H3. The van der Waals surface area contributed by atoms with E-state index in [1.807, 2.05) is 11.5 Å². The topological polar surface area (TPSA) is 75.4 Å². The molecule has 6 heteroatoms. The number of amides is 1. The first-order valence-corrected chi connectivity index (χ1v) is 14.2. The third kappa shape index (κ3) is 5.29. The Hall–Kier alpha value is -2.47. The second-order valence-electron chi connectivity index (χ2n) is 11.4. The fourth-order valence-electron chi connectivity index (χ4n) is 6.39. The van der Waals surface area contributed by atoms with Gasteiger partial charge in [0.25, 0.3) is 5.91 Å². The summed E-state index contributed by atoms with van der Waals surface area (Å²) in [6, 6.07) is 4.57. The number of carbonyl (C=O) groups is 2. The van der Waals surface area contributed by atoms with Crippen molar-refractivity contribution in [2.24, 2.45) is 5.92 Å². The summed E-state index contributed by atoms with van der Waals surface area (Å²) in [4.78, 5) is 33.4. The molecular formula is C30H41N3O3. The van der Waals surface area contributed by atoms with Gasteiger partial charge < -0.3 is 10.0 Å². The number of aliphatic hydroxyl groups excluding tert-OH is 1. The molecule has 6 nitrogen and oxygen atoms in total. The third-order valence-electron chi connectivity index (χ3n) is 8.55. The number of fused-ring (bicyclic) bond motifs is 1. The van der Waals surface area contributed by atoms with Gasteiger partial charge in [-0.05, 0) is 92.7 Å². The van der Waals surface area contributed by atoms with Crippen molar-refractivity contribution in [3.05, 3.63) is 35.7 Å². The molecule has 1 N–H and O–H groups in total. The summed E-state index contributed by atoms with van der Waals surface area (Å²) >= 11 is 0. The number of ketones is 1. The van der Waals surface area contributed by atoms with Gasteiger partial charge in [0.05, 0.1) is 23.7 Å². The molecule has 1 heterocycles. The minimum absolute atomic E-state index is 0.0992. The van der Waals surface area contributed by atoms with Gasteiger partial charge in [-0.15, -0.1) is 0 Å². The number of Topliss-reactive ketones (excluding diaryl/α,β-unsaturated/α-hetero) is 1. The molecule has 5 rings (SSSR count). The van der Waals surface area contributed by atoms with E-state index in [0.717, 1.165) is 43.1 Å². The van der Waals surface area contributed by atoms with Crippen LogP contribution in [0.5, 0.6) is 0 Å². The van der Waals surface area contributed by atoms with Gasteiger partial charge in [-0.3, -0.25) is 14.2 Å². The van der Waals surface area contributed by atoms with E-state index >= 15 is 0 Å². The fourth-order valence-corrected chi connectivity index (χ4v) is 6.39. The maximum Gasteiger partial charge on any atom is 0.290 e. The lowest BCUT2D eigenvalue weighted by Crippen LogP contribution is -2.38. The monoisotopic (exact) mass is 491 g/mol. The van der Waals surface area contributed by atoms with E-state index in [2.05, 4.69) is 18.7 Å². The second kappa shape index (κ2) is 10.9. The van der Waals surface area contributed by atoms with Crippen LogP contribution in [-0.2, 0) is 4.79 Å². The maximum absolute atomic E-state index is 13.8. The average Bonchev–Trinajstić information content (AvgIpc) is 3.44. The Morgan fingerprint density at radius 1 is 1.08 bits per heavy atom. The Morgan fingerprint density at radius 3 is 2.44 bits per heavy atom. The van der Waals surface area contributed by atoms with Gasteiger partial charge >= 0.3 is 0 Å². The van der Waals surface area contributed by atoms with Gasteiger partial charge in [-0.1, -0.05) is 32.4 Å². The van der Waals surface area contributed by atoms with Gasteiger partial charge in [0, 0.05) is 19.2 Å². The number of aliphatic hydroxyl groups is 1. The van der Waals surface area contributed by atoms with Crippen molar-refractivity contribution < 1.29 is 14.7 Å². The summed E-state index contributed by atoms with van der Waals surface area (Å²) in [5, 5.41) is 9.77. The molecule has 0 unspecified atom stereocenters. The zero-order chi connectivity index (χ0) is 25.2. The van der Waals surface area contributed by atoms with Crippen LogP contribution in [0.1, 0.15) is 118 Å². The lowest BCUT2D eigenvalue weighted by molar-refractivity contribution is -0.121. The highest BCUT2D eigenvalue weighted by atomic mass is 16.3. The number of benzene rings is 1. The molecule has 1 aromatic carbocycles. The smallest absolute Gasteiger partial charge is 0.290 e. The summed E-state index contributed by atoms with van der Waals surface area (Å²) in [5.74, 6) is 1.72. The quantitative estimate of drug-likeness (QED) is 0.440. The minimum Gasteiger partial charge on any atom is -0.393 e. The van der Waals surface area contributed by atoms with Crippen LogP contribution in [0.25, 0.3) is 17.2 Å². The van der Waals surface area contributed by atoms with Gasteiger partial charge in [0.15, 0.2) is 5.78 Å². The summed E-state index contributed by atoms with van der Waals surface area (Å²) in [6.45, 7) is 6.70. The van der Waals surface area contributed by atoms with Crippen molar-refractivity contribution >= 4 is 28.9 Å². The van der Waals surface area contributed by atoms with Crippen LogP contribution < -0.4 is 0 Å². The molecule has 0 bridgehead atoms. The molecule has 3 aliphatic rings. The van der Waals surface area contributed by atoms with Gasteiger partial charge in [0.1, 0.15) is 0 Å². The highest BCUT2D eigenvalue weighted by Gasteiger charge is 2.31. The number of rotatable bonds is 10. The second-order valence-corrected chi connectivity index (χ2v) is 11.4. The summed E-state index contributed by atoms with van der Waals surface area (Å²) in [5.41, 5.74) is 4.56. The molecule has 0 aliphatic heterocycles. The maximum atomic E-state index is 13.8. The first kappa shape index (κ1) is 25.2. The van der Waals surface area contributed by atoms with E-state index in [9.17, 15) is 14.7 Å². The van der Waals surface area contributed by atoms with E-state index in [1.54, 1.807) is 11.1 Å². The molecule has 36 heavy (non-hydrogen) atoms. The molecule has 3 fully saturated rings. The number of hydrogen-bond acceptors (Lipinski definition) is 4. The number of nitrogens with zero attached hydrogens (tertiary/aromatic N) is 3. The van der Waals surface area contributed by atoms with Crippen molar-refractivity contribution in [2.75, 3.05) is 13.1 Å². The molecule has 0 radical (unpaired) electrons. The number of carbonyl (C=O) groups excluding carboxylic acids is 2. The van der Waals surface area contributed by atoms with Crippen LogP contribution in [0.15, 0.2) is 18.7 Å². The van der Waals surface area contributed by atoms with Crippen molar-refractivity contribution in [1.82, 2.24) is 14.5 Å². The highest BCUT2D eigenvalue weighted by molar-refractivity contribution is 5.99. The highest BCUT2D eigenvalue weighted by Crippen LogP contribution is 2.45. The van der Waals surface area contributed by atoms with E-state index in [-0.39, 0.29) is 24.3 Å². The van der Waals surface area contributed by atoms with E-state index < -0.39 is 0 Å². The van der Waals surface area contributed by atoms with Crippen LogP contribution >= 0.6 is 0 Å². The third-order valence-corrected chi connectivity index (χ3v) is 8.55. The zero-order valence-corrected chi connectivity index (χ0v) is 21.8. The van der Waals surface area contributed by atoms with Crippen LogP contribution in [0, 0.1) is 5.92 Å². The van der Waals surface area contributed by atoms with E-state index in [4.69, 9.17) is 4.98 Å². The fraction of sp³-hybridized carbons (Fsp3) is 0.633. The lowest BCUT2D eigenvalue weighted by Gasteiger charge is -2.26. The Labute approximate surface area is 214 Å². The van der Waals surface area contributed by atoms with Crippen LogP contribution in [-0.4, -0.2) is 50.4 Å². The van der Waals surface area contributed by atoms with Gasteiger partial charge in [0.2, 0.25) is 5.82 Å². The van der Waals surface area contributed by atoms with Crippen molar-refractivity contribution in [3.8, 4) is 0 Å². The van der Waals surface area contributed by atoms with Crippen molar-refractivity contribution in [3.63, 3.8) is 0 Å². The zero-order valence-electron chi connectivity index (χ0n) is 21.8. The number of imidazole rings is 1. The van der Waals surface area contributed by atoms with Crippen molar-refractivity contribution in [1.29, 1.82) is 0 Å². The number of aromatic nitrogens is 2. The first-order valence-electron chi connectivity index (χ1n) is 14.2. The largest absolute Gasteiger partial charge is 0.393 e. The normalized spacial score (nSPS) is 22.7. The molecule has 0 atom stereocenters. The SMILES string of the molecule is C=Cn1c(C(=O)N(CCC)CC(=O)CC2CCC(O)CC2)nc2c(C3CCCC3)cc(C3CC3)cc21. The molecule has 3 saturated carbocycles. The van der Waals surface area contributed by atoms with E-state index in [1.165, 1.54) is 49.7 Å². The number of hydrogen-bond donors (Lipinski definition) is 1. The van der Waals surface area contributed by atoms with Crippen LogP contribution in [0.3, 0.4) is 0 Å². The predicted octanol–water partition coefficient (Wildman–Crippen LogP) is 6.03. The Bertz CT molecular complexity index is 1120. The Balaban J connectivity index is 1.42. The lowest BCUT2D eigenvalue weighted by atomic mass is 9.84. The van der Waals surface area contributed by atoms with Crippen LogP contribution in [0.4, 0.5) is 0 Å². The molecule has 3 aliphatic carbocycles. The predicted molar refractivity (Wildman–Crippen MR) is 143 cm³/mol. The average molecular weight is 492 g/mol. The van der Waals surface area contributed by atoms with Crippen LogP contribution in [0.2, 0.25) is 0 Å². The minimum atomic E-state index is -0.226.